The first-order valence-electron chi connectivity index (χ1n) is 9.39. The van der Waals surface area contributed by atoms with Gasteiger partial charge in [-0.15, -0.1) is 23.5 Å². The monoisotopic (exact) mass is 466 g/mol. The zero-order valence-electron chi connectivity index (χ0n) is 16.7. The van der Waals surface area contributed by atoms with E-state index in [0.717, 1.165) is 0 Å². The molecular formula is C21H23ClN2O4S2. The first-order chi connectivity index (χ1) is 14.6. The Bertz CT molecular complexity index is 887. The Hall–Kier alpha value is -2.03. The maximum absolute atomic E-state index is 12.0. The van der Waals surface area contributed by atoms with Crippen LogP contribution in [0.1, 0.15) is 22.6 Å². The highest BCUT2D eigenvalue weighted by Gasteiger charge is 2.18. The van der Waals surface area contributed by atoms with Gasteiger partial charge < -0.3 is 14.2 Å². The van der Waals surface area contributed by atoms with E-state index < -0.39 is 0 Å². The lowest BCUT2D eigenvalue weighted by Crippen LogP contribution is -2.24. The number of carbonyl (C=O) groups is 1. The molecule has 9 heteroatoms. The number of amides is 1. The number of thioether (sulfide) groups is 2. The van der Waals surface area contributed by atoms with Gasteiger partial charge in [-0.05, 0) is 42.3 Å². The van der Waals surface area contributed by atoms with Gasteiger partial charge in [0.15, 0.2) is 18.1 Å². The van der Waals surface area contributed by atoms with Gasteiger partial charge in [0.25, 0.3) is 5.91 Å². The highest BCUT2D eigenvalue weighted by Crippen LogP contribution is 2.45. The van der Waals surface area contributed by atoms with Crippen LogP contribution in [0.15, 0.2) is 41.5 Å². The van der Waals surface area contributed by atoms with Crippen molar-refractivity contribution in [1.82, 2.24) is 5.43 Å². The van der Waals surface area contributed by atoms with E-state index in [9.17, 15) is 4.79 Å². The second-order valence-corrected chi connectivity index (χ2v) is 9.32. The van der Waals surface area contributed by atoms with Gasteiger partial charge in [-0.2, -0.15) is 5.10 Å². The molecule has 1 fully saturated rings. The number of methoxy groups -OCH3 is 1. The van der Waals surface area contributed by atoms with Gasteiger partial charge in [0, 0.05) is 11.5 Å². The Morgan fingerprint density at radius 3 is 2.63 bits per heavy atom. The molecule has 1 saturated heterocycles. The average molecular weight is 467 g/mol. The van der Waals surface area contributed by atoms with E-state index in [1.807, 2.05) is 54.7 Å². The number of nitrogens with zero attached hydrogens (tertiary/aromatic N) is 1. The fourth-order valence-electron chi connectivity index (χ4n) is 2.76. The molecule has 1 aliphatic heterocycles. The Labute approximate surface area is 189 Å². The molecule has 2 aromatic carbocycles. The largest absolute Gasteiger partial charge is 0.491 e. The van der Waals surface area contributed by atoms with E-state index in [1.54, 1.807) is 12.1 Å². The number of benzene rings is 2. The molecule has 6 nitrogen and oxygen atoms in total. The Balaban J connectivity index is 1.50. The molecule has 1 N–H and O–H groups in total. The number of rotatable bonds is 9. The van der Waals surface area contributed by atoms with Crippen LogP contribution < -0.4 is 19.6 Å². The third kappa shape index (κ3) is 6.23. The van der Waals surface area contributed by atoms with Crippen LogP contribution in [0, 0.1) is 0 Å². The van der Waals surface area contributed by atoms with Crippen molar-refractivity contribution in [2.75, 3.05) is 31.8 Å². The predicted octanol–water partition coefficient (Wildman–Crippen LogP) is 4.76. The Kier molecular flexibility index (Phi) is 8.60. The van der Waals surface area contributed by atoms with E-state index in [2.05, 4.69) is 10.5 Å². The number of ether oxygens (including phenoxy) is 3. The third-order valence-corrected chi connectivity index (χ3v) is 7.47. The van der Waals surface area contributed by atoms with Crippen molar-refractivity contribution in [3.05, 3.63) is 52.5 Å². The van der Waals surface area contributed by atoms with Crippen LogP contribution in [0.5, 0.6) is 17.2 Å². The van der Waals surface area contributed by atoms with Crippen molar-refractivity contribution in [3.63, 3.8) is 0 Å². The fourth-order valence-corrected chi connectivity index (χ4v) is 5.91. The van der Waals surface area contributed by atoms with E-state index in [-0.39, 0.29) is 12.5 Å². The van der Waals surface area contributed by atoms with Gasteiger partial charge >= 0.3 is 0 Å². The quantitative estimate of drug-likeness (QED) is 0.424. The minimum atomic E-state index is -0.359. The number of carbonyl (C=O) groups excluding carboxylic acids is 1. The van der Waals surface area contributed by atoms with Crippen molar-refractivity contribution >= 4 is 47.2 Å². The zero-order chi connectivity index (χ0) is 21.3. The molecule has 0 aromatic heterocycles. The fraction of sp³-hybridized carbons (Fsp3) is 0.333. The van der Waals surface area contributed by atoms with Crippen LogP contribution in [0.3, 0.4) is 0 Å². The van der Waals surface area contributed by atoms with Crippen LogP contribution in [-0.4, -0.2) is 44.0 Å². The molecule has 0 bridgehead atoms. The molecule has 2 aromatic rings. The van der Waals surface area contributed by atoms with E-state index >= 15 is 0 Å². The van der Waals surface area contributed by atoms with Gasteiger partial charge in [0.05, 0.1) is 29.5 Å². The number of hydrazone groups is 1. The molecule has 30 heavy (non-hydrogen) atoms. The van der Waals surface area contributed by atoms with Gasteiger partial charge in [0.2, 0.25) is 0 Å². The van der Waals surface area contributed by atoms with E-state index in [4.69, 9.17) is 25.8 Å². The molecule has 0 saturated carbocycles. The Morgan fingerprint density at radius 2 is 1.97 bits per heavy atom. The van der Waals surface area contributed by atoms with Crippen LogP contribution >= 0.6 is 35.1 Å². The third-order valence-electron chi connectivity index (χ3n) is 4.08. The lowest BCUT2D eigenvalue weighted by atomic mass is 10.2. The lowest BCUT2D eigenvalue weighted by Gasteiger charge is -2.11. The smallest absolute Gasteiger partial charge is 0.277 e. The second-order valence-electron chi connectivity index (χ2n) is 6.19. The topological polar surface area (TPSA) is 69.2 Å². The van der Waals surface area contributed by atoms with Gasteiger partial charge in [-0.25, -0.2) is 5.43 Å². The second kappa shape index (κ2) is 11.4. The van der Waals surface area contributed by atoms with Gasteiger partial charge in [-0.1, -0.05) is 23.7 Å². The van der Waals surface area contributed by atoms with Crippen molar-refractivity contribution in [2.45, 2.75) is 11.5 Å². The first kappa shape index (κ1) is 22.7. The molecule has 1 aliphatic rings. The average Bonchev–Trinajstić information content (AvgIpc) is 3.28. The summed E-state index contributed by atoms with van der Waals surface area (Å²) < 4.78 is 16.8. The van der Waals surface area contributed by atoms with E-state index in [1.165, 1.54) is 30.4 Å². The molecule has 0 spiro atoms. The molecule has 0 atom stereocenters. The summed E-state index contributed by atoms with van der Waals surface area (Å²) in [5.74, 6) is 3.63. The lowest BCUT2D eigenvalue weighted by molar-refractivity contribution is -0.123. The minimum absolute atomic E-state index is 0.128. The number of nitrogens with one attached hydrogen (secondary N) is 1. The van der Waals surface area contributed by atoms with Crippen LogP contribution in [-0.2, 0) is 4.79 Å². The predicted molar refractivity (Wildman–Crippen MR) is 125 cm³/mol. The van der Waals surface area contributed by atoms with Crippen molar-refractivity contribution in [1.29, 1.82) is 0 Å². The standard InChI is InChI=1S/C21H23ClN2O4S2/c1-3-27-18-11-14(10-17(22)20(18)26-2)12-23-24-19(25)13-28-16-6-4-15(5-7-16)21-29-8-9-30-21/h4-7,10-12,21H,3,8-9,13H2,1-2H3,(H,24,25)/b23-12-. The summed E-state index contributed by atoms with van der Waals surface area (Å²) in [5, 5.41) is 4.35. The van der Waals surface area contributed by atoms with Gasteiger partial charge in [0.1, 0.15) is 5.75 Å². The maximum Gasteiger partial charge on any atom is 0.277 e. The van der Waals surface area contributed by atoms with Crippen molar-refractivity contribution in [2.24, 2.45) is 5.10 Å². The van der Waals surface area contributed by atoms with Crippen LogP contribution in [0.2, 0.25) is 5.02 Å². The summed E-state index contributed by atoms with van der Waals surface area (Å²) in [4.78, 5) is 12.0. The highest BCUT2D eigenvalue weighted by atomic mass is 35.5. The molecule has 160 valence electrons. The van der Waals surface area contributed by atoms with Crippen LogP contribution in [0.4, 0.5) is 0 Å². The molecule has 1 amide bonds. The maximum atomic E-state index is 12.0. The summed E-state index contributed by atoms with van der Waals surface area (Å²) in [7, 11) is 1.53. The molecule has 0 radical (unpaired) electrons. The molecule has 3 rings (SSSR count). The summed E-state index contributed by atoms with van der Waals surface area (Å²) in [6.45, 7) is 2.21. The Morgan fingerprint density at radius 1 is 1.23 bits per heavy atom. The number of halogens is 1. The van der Waals surface area contributed by atoms with Crippen LogP contribution in [0.25, 0.3) is 0 Å². The number of hydrogen-bond acceptors (Lipinski definition) is 7. The number of hydrogen-bond donors (Lipinski definition) is 1. The van der Waals surface area contributed by atoms with Crippen molar-refractivity contribution in [3.8, 4) is 17.2 Å². The van der Waals surface area contributed by atoms with Crippen molar-refractivity contribution < 1.29 is 19.0 Å². The summed E-state index contributed by atoms with van der Waals surface area (Å²) in [5.41, 5.74) is 4.38. The van der Waals surface area contributed by atoms with Gasteiger partial charge in [-0.3, -0.25) is 4.79 Å². The molecule has 1 heterocycles. The minimum Gasteiger partial charge on any atom is -0.491 e. The normalized spacial score (nSPS) is 14.1. The summed E-state index contributed by atoms with van der Waals surface area (Å²) in [6.07, 6.45) is 1.48. The summed E-state index contributed by atoms with van der Waals surface area (Å²) >= 11 is 10.1. The van der Waals surface area contributed by atoms with E-state index in [0.29, 0.717) is 39.0 Å². The highest BCUT2D eigenvalue weighted by molar-refractivity contribution is 8.19. The summed E-state index contributed by atoms with van der Waals surface area (Å²) in [6, 6.07) is 11.3. The molecule has 0 unspecified atom stereocenters. The molecule has 0 aliphatic carbocycles. The SMILES string of the molecule is CCOc1cc(/C=N\NC(=O)COc2ccc(C3SCCS3)cc2)cc(Cl)c1OC. The first-order valence-corrected chi connectivity index (χ1v) is 11.9. The zero-order valence-corrected chi connectivity index (χ0v) is 19.1. The molecular weight excluding hydrogens is 444 g/mol.